The monoisotopic (exact) mass is 435 g/mol. The maximum Gasteiger partial charge on any atom is 0.270 e. The average Bonchev–Trinajstić information content (AvgIpc) is 2.85. The second kappa shape index (κ2) is 7.19. The lowest BCUT2D eigenvalue weighted by Crippen LogP contribution is -2.27. The molecule has 1 saturated heterocycles. The molecule has 1 fully saturated rings. The van der Waals surface area contributed by atoms with E-state index in [0.717, 1.165) is 16.8 Å². The minimum absolute atomic E-state index is 0.0266. The zero-order chi connectivity index (χ0) is 18.1. The standard InChI is InChI=1S/C18H14BrNO3S2/c1-10-3-5-12(6-4-10)20-17(22)16(25-18(20)24)8-11-7-15(23-2)14(21)9-13(11)19/h3-9,21H,1-2H3/b16-8+. The quantitative estimate of drug-likeness (QED) is 0.549. The minimum atomic E-state index is -0.169. The number of phenolic OH excluding ortho intramolecular Hbond substituents is 1. The lowest BCUT2D eigenvalue weighted by Gasteiger charge is -2.14. The van der Waals surface area contributed by atoms with E-state index in [2.05, 4.69) is 15.9 Å². The highest BCUT2D eigenvalue weighted by Crippen LogP contribution is 2.39. The molecule has 1 heterocycles. The maximum atomic E-state index is 12.8. The van der Waals surface area contributed by atoms with E-state index in [1.807, 2.05) is 31.2 Å². The van der Waals surface area contributed by atoms with E-state index in [-0.39, 0.29) is 11.7 Å². The number of aryl methyl sites for hydroxylation is 1. The Kier molecular flexibility index (Phi) is 5.17. The number of rotatable bonds is 3. The van der Waals surface area contributed by atoms with Crippen molar-refractivity contribution in [2.75, 3.05) is 12.0 Å². The maximum absolute atomic E-state index is 12.8. The predicted octanol–water partition coefficient (Wildman–Crippen LogP) is 4.88. The molecular weight excluding hydrogens is 422 g/mol. The fraction of sp³-hybridized carbons (Fsp3) is 0.111. The van der Waals surface area contributed by atoms with Gasteiger partial charge in [-0.3, -0.25) is 9.69 Å². The first-order valence-electron chi connectivity index (χ1n) is 7.32. The van der Waals surface area contributed by atoms with E-state index >= 15 is 0 Å². The predicted molar refractivity (Wildman–Crippen MR) is 109 cm³/mol. The number of benzene rings is 2. The molecule has 1 aliphatic rings. The van der Waals surface area contributed by atoms with Gasteiger partial charge >= 0.3 is 0 Å². The molecule has 1 aliphatic heterocycles. The van der Waals surface area contributed by atoms with Crippen molar-refractivity contribution >= 4 is 61.9 Å². The summed E-state index contributed by atoms with van der Waals surface area (Å²) in [7, 11) is 1.48. The number of amides is 1. The number of ether oxygens (including phenoxy) is 1. The van der Waals surface area contributed by atoms with E-state index in [1.165, 1.54) is 29.8 Å². The summed E-state index contributed by atoms with van der Waals surface area (Å²) in [5.74, 6) is 0.194. The Bertz CT molecular complexity index is 894. The lowest BCUT2D eigenvalue weighted by molar-refractivity contribution is -0.113. The van der Waals surface area contributed by atoms with Gasteiger partial charge in [0.15, 0.2) is 15.8 Å². The molecule has 0 atom stereocenters. The van der Waals surface area contributed by atoms with Crippen LogP contribution in [0, 0.1) is 6.92 Å². The summed E-state index contributed by atoms with van der Waals surface area (Å²) >= 11 is 10.0. The Labute approximate surface area is 163 Å². The van der Waals surface area contributed by atoms with Gasteiger partial charge in [-0.05, 0) is 42.8 Å². The van der Waals surface area contributed by atoms with Crippen LogP contribution in [0.1, 0.15) is 11.1 Å². The van der Waals surface area contributed by atoms with Crippen LogP contribution in [0.25, 0.3) is 6.08 Å². The van der Waals surface area contributed by atoms with Gasteiger partial charge in [0.25, 0.3) is 5.91 Å². The molecule has 3 rings (SSSR count). The molecule has 4 nitrogen and oxygen atoms in total. The van der Waals surface area contributed by atoms with Gasteiger partial charge in [-0.2, -0.15) is 0 Å². The van der Waals surface area contributed by atoms with Gasteiger partial charge in [-0.1, -0.05) is 57.6 Å². The van der Waals surface area contributed by atoms with Crippen molar-refractivity contribution in [1.29, 1.82) is 0 Å². The number of anilines is 1. The van der Waals surface area contributed by atoms with Crippen LogP contribution in [0.5, 0.6) is 11.5 Å². The third-order valence-corrected chi connectivity index (χ3v) is 5.66. The summed E-state index contributed by atoms with van der Waals surface area (Å²) in [6, 6.07) is 10.8. The number of carbonyl (C=O) groups is 1. The van der Waals surface area contributed by atoms with Crippen molar-refractivity contribution in [1.82, 2.24) is 0 Å². The summed E-state index contributed by atoms with van der Waals surface area (Å²) in [5, 5.41) is 9.81. The summed E-state index contributed by atoms with van der Waals surface area (Å²) in [6.07, 6.45) is 1.74. The second-order valence-electron chi connectivity index (χ2n) is 5.40. The lowest BCUT2D eigenvalue weighted by atomic mass is 10.1. The second-order valence-corrected chi connectivity index (χ2v) is 7.93. The summed E-state index contributed by atoms with van der Waals surface area (Å²) in [6.45, 7) is 1.99. The van der Waals surface area contributed by atoms with Gasteiger partial charge in [0.1, 0.15) is 0 Å². The fourth-order valence-corrected chi connectivity index (χ4v) is 4.09. The zero-order valence-corrected chi connectivity index (χ0v) is 16.7. The van der Waals surface area contributed by atoms with Crippen molar-refractivity contribution in [2.45, 2.75) is 6.92 Å². The number of hydrogen-bond donors (Lipinski definition) is 1. The summed E-state index contributed by atoms with van der Waals surface area (Å²) in [4.78, 5) is 14.8. The molecule has 0 saturated carbocycles. The van der Waals surface area contributed by atoms with Crippen LogP contribution in [0.4, 0.5) is 5.69 Å². The molecule has 25 heavy (non-hydrogen) atoms. The molecule has 0 aromatic heterocycles. The van der Waals surface area contributed by atoms with Crippen LogP contribution in [0.15, 0.2) is 45.8 Å². The first-order valence-corrected chi connectivity index (χ1v) is 9.33. The van der Waals surface area contributed by atoms with E-state index in [4.69, 9.17) is 17.0 Å². The van der Waals surface area contributed by atoms with E-state index in [9.17, 15) is 9.90 Å². The number of carbonyl (C=O) groups excluding carboxylic acids is 1. The number of thiocarbonyl (C=S) groups is 1. The smallest absolute Gasteiger partial charge is 0.270 e. The largest absolute Gasteiger partial charge is 0.504 e. The van der Waals surface area contributed by atoms with Crippen LogP contribution < -0.4 is 9.64 Å². The highest BCUT2D eigenvalue weighted by atomic mass is 79.9. The van der Waals surface area contributed by atoms with Crippen LogP contribution >= 0.6 is 39.9 Å². The molecule has 128 valence electrons. The van der Waals surface area contributed by atoms with Gasteiger partial charge in [0.2, 0.25) is 0 Å². The Hall–Kier alpha value is -1.83. The number of aromatic hydroxyl groups is 1. The molecule has 0 bridgehead atoms. The van der Waals surface area contributed by atoms with Gasteiger partial charge in [0.05, 0.1) is 17.7 Å². The molecule has 1 amide bonds. The number of halogens is 1. The fourth-order valence-electron chi connectivity index (χ4n) is 2.36. The Morgan fingerprint density at radius 2 is 1.96 bits per heavy atom. The third-order valence-electron chi connectivity index (χ3n) is 3.67. The van der Waals surface area contributed by atoms with E-state index in [0.29, 0.717) is 19.4 Å². The van der Waals surface area contributed by atoms with Crippen molar-refractivity contribution in [3.8, 4) is 11.5 Å². The molecule has 0 radical (unpaired) electrons. The van der Waals surface area contributed by atoms with Crippen LogP contribution in [0.2, 0.25) is 0 Å². The molecule has 7 heteroatoms. The number of hydrogen-bond acceptors (Lipinski definition) is 5. The SMILES string of the molecule is COc1cc(/C=C2/SC(=S)N(c3ccc(C)cc3)C2=O)c(Br)cc1O. The van der Waals surface area contributed by atoms with Gasteiger partial charge in [0, 0.05) is 4.47 Å². The number of nitrogens with zero attached hydrogens (tertiary/aromatic N) is 1. The van der Waals surface area contributed by atoms with Crippen LogP contribution in [-0.2, 0) is 4.79 Å². The van der Waals surface area contributed by atoms with Crippen molar-refractivity contribution in [3.63, 3.8) is 0 Å². The normalized spacial score (nSPS) is 16.0. The highest BCUT2D eigenvalue weighted by Gasteiger charge is 2.33. The minimum Gasteiger partial charge on any atom is -0.504 e. The number of phenols is 1. The molecule has 0 spiro atoms. The Balaban J connectivity index is 1.97. The summed E-state index contributed by atoms with van der Waals surface area (Å²) < 4.78 is 6.27. The average molecular weight is 436 g/mol. The summed E-state index contributed by atoms with van der Waals surface area (Å²) in [5.41, 5.74) is 2.59. The van der Waals surface area contributed by atoms with Crippen molar-refractivity contribution < 1.29 is 14.6 Å². The van der Waals surface area contributed by atoms with Crippen LogP contribution in [0.3, 0.4) is 0 Å². The number of methoxy groups -OCH3 is 1. The molecule has 0 unspecified atom stereocenters. The third kappa shape index (κ3) is 3.58. The Morgan fingerprint density at radius 1 is 1.28 bits per heavy atom. The first-order chi connectivity index (χ1) is 11.9. The zero-order valence-electron chi connectivity index (χ0n) is 13.4. The van der Waals surface area contributed by atoms with Gasteiger partial charge < -0.3 is 9.84 Å². The first kappa shape index (κ1) is 18.0. The van der Waals surface area contributed by atoms with Crippen molar-refractivity contribution in [2.24, 2.45) is 0 Å². The van der Waals surface area contributed by atoms with Gasteiger partial charge in [-0.15, -0.1) is 0 Å². The molecule has 2 aromatic rings. The van der Waals surface area contributed by atoms with Crippen molar-refractivity contribution in [3.05, 3.63) is 56.9 Å². The van der Waals surface area contributed by atoms with Gasteiger partial charge in [-0.25, -0.2) is 0 Å². The highest BCUT2D eigenvalue weighted by molar-refractivity contribution is 9.10. The Morgan fingerprint density at radius 3 is 2.60 bits per heavy atom. The van der Waals surface area contributed by atoms with E-state index in [1.54, 1.807) is 12.1 Å². The van der Waals surface area contributed by atoms with Crippen LogP contribution in [-0.4, -0.2) is 22.4 Å². The molecular formula is C18H14BrNO3S2. The topological polar surface area (TPSA) is 49.8 Å². The molecule has 2 aromatic carbocycles. The molecule has 0 aliphatic carbocycles. The molecule has 1 N–H and O–H groups in total. The number of thioether (sulfide) groups is 1. The van der Waals surface area contributed by atoms with E-state index < -0.39 is 0 Å².